The van der Waals surface area contributed by atoms with Gasteiger partial charge in [0.05, 0.1) is 24.3 Å². The zero-order valence-corrected chi connectivity index (χ0v) is 11.4. The molecule has 0 aliphatic rings. The predicted octanol–water partition coefficient (Wildman–Crippen LogP) is 3.49. The van der Waals surface area contributed by atoms with Crippen molar-refractivity contribution >= 4 is 16.9 Å². The van der Waals surface area contributed by atoms with Gasteiger partial charge in [0.15, 0.2) is 0 Å². The van der Waals surface area contributed by atoms with Crippen LogP contribution >= 0.6 is 0 Å². The number of carbonyl (C=O) groups is 1. The van der Waals surface area contributed by atoms with E-state index in [4.69, 9.17) is 4.74 Å². The Hall–Kier alpha value is -3.06. The summed E-state index contributed by atoms with van der Waals surface area (Å²) in [5.41, 5.74) is 3.20. The van der Waals surface area contributed by atoms with Crippen molar-refractivity contribution in [1.82, 2.24) is 4.98 Å². The number of ether oxygens (including phenoxy) is 1. The lowest BCUT2D eigenvalue weighted by molar-refractivity contribution is 0.0601. The maximum absolute atomic E-state index is 11.9. The van der Waals surface area contributed by atoms with Gasteiger partial charge < -0.3 is 9.72 Å². The van der Waals surface area contributed by atoms with Gasteiger partial charge in [-0.1, -0.05) is 18.2 Å². The van der Waals surface area contributed by atoms with Crippen LogP contribution in [0, 0.1) is 11.3 Å². The molecule has 0 amide bonds. The molecule has 102 valence electrons. The number of carbonyl (C=O) groups excluding carboxylic acids is 1. The highest BCUT2D eigenvalue weighted by Gasteiger charge is 2.17. The number of nitrogens with one attached hydrogen (secondary N) is 1. The molecule has 0 saturated heterocycles. The van der Waals surface area contributed by atoms with Crippen LogP contribution in [-0.2, 0) is 4.74 Å². The number of hydrogen-bond acceptors (Lipinski definition) is 3. The summed E-state index contributed by atoms with van der Waals surface area (Å²) < 4.78 is 4.81. The fourth-order valence-corrected chi connectivity index (χ4v) is 2.44. The molecule has 1 heterocycles. The van der Waals surface area contributed by atoms with E-state index >= 15 is 0 Å². The van der Waals surface area contributed by atoms with E-state index in [9.17, 15) is 10.1 Å². The molecule has 0 radical (unpaired) electrons. The molecule has 2 aromatic carbocycles. The molecule has 4 nitrogen and oxygen atoms in total. The van der Waals surface area contributed by atoms with E-state index in [-0.39, 0.29) is 0 Å². The van der Waals surface area contributed by atoms with E-state index in [0.717, 1.165) is 16.5 Å². The molecule has 0 aliphatic carbocycles. The number of esters is 1. The summed E-state index contributed by atoms with van der Waals surface area (Å²) in [4.78, 5) is 15.1. The van der Waals surface area contributed by atoms with Gasteiger partial charge in [0.2, 0.25) is 0 Å². The van der Waals surface area contributed by atoms with Crippen LogP contribution < -0.4 is 0 Å². The lowest BCUT2D eigenvalue weighted by Gasteiger charge is -2.10. The van der Waals surface area contributed by atoms with Gasteiger partial charge in [-0.05, 0) is 35.2 Å². The Balaban J connectivity index is 2.29. The Bertz CT molecular complexity index is 872. The van der Waals surface area contributed by atoms with E-state index < -0.39 is 5.97 Å². The molecule has 0 fully saturated rings. The number of rotatable bonds is 2. The van der Waals surface area contributed by atoms with Crippen molar-refractivity contribution in [2.45, 2.75) is 0 Å². The molecule has 0 unspecified atom stereocenters. The Labute approximate surface area is 121 Å². The molecule has 21 heavy (non-hydrogen) atoms. The molecule has 0 spiro atoms. The molecule has 1 N–H and O–H groups in total. The van der Waals surface area contributed by atoms with Gasteiger partial charge in [-0.15, -0.1) is 0 Å². The van der Waals surface area contributed by atoms with E-state index in [1.54, 1.807) is 18.2 Å². The topological polar surface area (TPSA) is 65.9 Å². The van der Waals surface area contributed by atoms with Crippen LogP contribution in [-0.4, -0.2) is 18.1 Å². The lowest BCUT2D eigenvalue weighted by Crippen LogP contribution is -2.05. The Morgan fingerprint density at radius 3 is 2.86 bits per heavy atom. The van der Waals surface area contributed by atoms with Gasteiger partial charge in [0.1, 0.15) is 0 Å². The summed E-state index contributed by atoms with van der Waals surface area (Å²) in [7, 11) is 1.33. The number of nitriles is 1. The van der Waals surface area contributed by atoms with E-state index in [2.05, 4.69) is 11.1 Å². The second-order valence-corrected chi connectivity index (χ2v) is 4.61. The van der Waals surface area contributed by atoms with Crippen molar-refractivity contribution < 1.29 is 9.53 Å². The standard InChI is InChI=1S/C17H12N2O2/c1-21-17(20)14-4-2-3-13(10-18)16(14)12-6-5-11-7-8-19-15(11)9-12/h2-9,19H,1H3. The van der Waals surface area contributed by atoms with Crippen molar-refractivity contribution in [1.29, 1.82) is 5.26 Å². The number of nitrogens with zero attached hydrogens (tertiary/aromatic N) is 1. The van der Waals surface area contributed by atoms with E-state index in [0.29, 0.717) is 16.7 Å². The molecule has 0 atom stereocenters. The minimum atomic E-state index is -0.450. The summed E-state index contributed by atoms with van der Waals surface area (Å²) in [5.74, 6) is -0.450. The van der Waals surface area contributed by atoms with Crippen molar-refractivity contribution in [2.75, 3.05) is 7.11 Å². The third-order valence-corrected chi connectivity index (χ3v) is 3.43. The zero-order chi connectivity index (χ0) is 14.8. The molecule has 4 heteroatoms. The minimum absolute atomic E-state index is 0.391. The lowest BCUT2D eigenvalue weighted by atomic mass is 9.94. The van der Waals surface area contributed by atoms with Crippen molar-refractivity contribution in [3.63, 3.8) is 0 Å². The zero-order valence-electron chi connectivity index (χ0n) is 11.4. The Morgan fingerprint density at radius 1 is 1.24 bits per heavy atom. The highest BCUT2D eigenvalue weighted by Crippen LogP contribution is 2.30. The third kappa shape index (κ3) is 2.15. The first-order chi connectivity index (χ1) is 10.2. The maximum Gasteiger partial charge on any atom is 0.338 e. The molecule has 1 aromatic heterocycles. The van der Waals surface area contributed by atoms with Crippen LogP contribution in [0.2, 0.25) is 0 Å². The summed E-state index contributed by atoms with van der Waals surface area (Å²) in [6.07, 6.45) is 1.85. The van der Waals surface area contributed by atoms with Gasteiger partial charge in [-0.3, -0.25) is 0 Å². The molecule has 0 aliphatic heterocycles. The van der Waals surface area contributed by atoms with Gasteiger partial charge in [0.25, 0.3) is 0 Å². The summed E-state index contributed by atoms with van der Waals surface area (Å²) in [6, 6.07) is 14.9. The van der Waals surface area contributed by atoms with Gasteiger partial charge >= 0.3 is 5.97 Å². The fraction of sp³-hybridized carbons (Fsp3) is 0.0588. The van der Waals surface area contributed by atoms with E-state index in [1.807, 2.05) is 30.5 Å². The smallest absolute Gasteiger partial charge is 0.338 e. The number of aromatic nitrogens is 1. The predicted molar refractivity (Wildman–Crippen MR) is 79.8 cm³/mol. The molecule has 0 saturated carbocycles. The molecule has 3 rings (SSSR count). The Kier molecular flexibility index (Phi) is 3.17. The highest BCUT2D eigenvalue weighted by molar-refractivity contribution is 6.00. The fourth-order valence-electron chi connectivity index (χ4n) is 2.44. The second-order valence-electron chi connectivity index (χ2n) is 4.61. The van der Waals surface area contributed by atoms with Crippen LogP contribution in [0.3, 0.4) is 0 Å². The number of aromatic amines is 1. The van der Waals surface area contributed by atoms with Gasteiger partial charge in [-0.2, -0.15) is 5.26 Å². The maximum atomic E-state index is 11.9. The SMILES string of the molecule is COC(=O)c1cccc(C#N)c1-c1ccc2cc[nH]c2c1. The summed E-state index contributed by atoms with van der Waals surface area (Å²) in [5, 5.41) is 10.4. The van der Waals surface area contributed by atoms with Gasteiger partial charge in [0, 0.05) is 17.3 Å². The second kappa shape index (κ2) is 5.14. The Morgan fingerprint density at radius 2 is 2.10 bits per heavy atom. The van der Waals surface area contributed by atoms with Crippen LogP contribution in [0.4, 0.5) is 0 Å². The van der Waals surface area contributed by atoms with Crippen molar-refractivity contribution in [3.05, 3.63) is 59.8 Å². The average molecular weight is 276 g/mol. The third-order valence-electron chi connectivity index (χ3n) is 3.43. The largest absolute Gasteiger partial charge is 0.465 e. The van der Waals surface area contributed by atoms with E-state index in [1.165, 1.54) is 7.11 Å². The van der Waals surface area contributed by atoms with Crippen LogP contribution in [0.15, 0.2) is 48.7 Å². The van der Waals surface area contributed by atoms with Gasteiger partial charge in [-0.25, -0.2) is 4.79 Å². The molecule has 3 aromatic rings. The molecular formula is C17H12N2O2. The van der Waals surface area contributed by atoms with Crippen LogP contribution in [0.5, 0.6) is 0 Å². The van der Waals surface area contributed by atoms with Crippen LogP contribution in [0.1, 0.15) is 15.9 Å². The summed E-state index contributed by atoms with van der Waals surface area (Å²) in [6.45, 7) is 0. The number of hydrogen-bond donors (Lipinski definition) is 1. The number of methoxy groups -OCH3 is 1. The number of benzene rings is 2. The summed E-state index contributed by atoms with van der Waals surface area (Å²) >= 11 is 0. The van der Waals surface area contributed by atoms with Crippen molar-refractivity contribution in [3.8, 4) is 17.2 Å². The first kappa shape index (κ1) is 12.9. The molecule has 0 bridgehead atoms. The highest BCUT2D eigenvalue weighted by atomic mass is 16.5. The normalized spacial score (nSPS) is 10.3. The first-order valence-corrected chi connectivity index (χ1v) is 6.43. The quantitative estimate of drug-likeness (QED) is 0.728. The number of fused-ring (bicyclic) bond motifs is 1. The monoisotopic (exact) mass is 276 g/mol. The van der Waals surface area contributed by atoms with Crippen molar-refractivity contribution in [2.24, 2.45) is 0 Å². The minimum Gasteiger partial charge on any atom is -0.465 e. The van der Waals surface area contributed by atoms with Crippen LogP contribution in [0.25, 0.3) is 22.0 Å². The molecular weight excluding hydrogens is 264 g/mol. The number of H-pyrrole nitrogens is 1. The first-order valence-electron chi connectivity index (χ1n) is 6.43. The average Bonchev–Trinajstić information content (AvgIpc) is 3.00.